The number of methoxy groups -OCH3 is 2. The standard InChI is InChI=1S/C57H85N9O10/c1-11-39(4)52(63(8)56(73)51(38(2)3)61-57(62(6)7)64-31-33-76-34-32-64)46(74-9)36-50(70)65-30-18-21-45(65)53(75-10)40(5)54(71)60-44(35-41-19-14-12-15-20-41)55(72)59-43-25-23-42(24-26-43)37-58-47(67)22-16-13-17-29-66-48(68)27-28-49(66)69/h12,14-15,19-20,23-28,38-40,44-46,51-53H,11,13,16-18,21-22,29-37H2,1-10H3,(H,58,67)(H,59,72)(H,60,71)/b61-57-/t39-,40+,44-,45-,46+,51-,52-,53+/m0/s1. The summed E-state index contributed by atoms with van der Waals surface area (Å²) in [6, 6.07) is 14.0. The minimum absolute atomic E-state index is 0.00655. The normalized spacial score (nSPS) is 18.7. The predicted octanol–water partition coefficient (Wildman–Crippen LogP) is 4.65. The van der Waals surface area contributed by atoms with E-state index < -0.39 is 54.1 Å². The maximum atomic E-state index is 14.6. The van der Waals surface area contributed by atoms with Crippen molar-refractivity contribution in [1.82, 2.24) is 35.1 Å². The number of aliphatic imine (C=N–C) groups is 1. The summed E-state index contributed by atoms with van der Waals surface area (Å²) < 4.78 is 17.8. The number of nitrogens with one attached hydrogen (secondary N) is 3. The summed E-state index contributed by atoms with van der Waals surface area (Å²) >= 11 is 0. The van der Waals surface area contributed by atoms with Gasteiger partial charge in [0.05, 0.1) is 49.8 Å². The van der Waals surface area contributed by atoms with E-state index in [9.17, 15) is 33.6 Å². The van der Waals surface area contributed by atoms with Crippen molar-refractivity contribution in [1.29, 1.82) is 0 Å². The van der Waals surface area contributed by atoms with Crippen LogP contribution in [0.5, 0.6) is 0 Å². The molecule has 5 rings (SSSR count). The van der Waals surface area contributed by atoms with Crippen molar-refractivity contribution in [3.8, 4) is 0 Å². The summed E-state index contributed by atoms with van der Waals surface area (Å²) in [6.07, 6.45) is 5.71. The average Bonchev–Trinajstić information content (AvgIpc) is 4.03. The van der Waals surface area contributed by atoms with Crippen molar-refractivity contribution in [3.05, 3.63) is 77.9 Å². The van der Waals surface area contributed by atoms with Gasteiger partial charge in [0, 0.05) is 98.8 Å². The number of rotatable bonds is 27. The molecule has 2 saturated heterocycles. The van der Waals surface area contributed by atoms with Gasteiger partial charge in [0.25, 0.3) is 11.8 Å². The molecule has 0 aliphatic carbocycles. The van der Waals surface area contributed by atoms with E-state index in [1.54, 1.807) is 43.0 Å². The van der Waals surface area contributed by atoms with Gasteiger partial charge in [-0.2, -0.15) is 0 Å². The summed E-state index contributed by atoms with van der Waals surface area (Å²) in [5.74, 6) is -2.03. The summed E-state index contributed by atoms with van der Waals surface area (Å²) in [5, 5.41) is 8.88. The van der Waals surface area contributed by atoms with Gasteiger partial charge in [0.1, 0.15) is 12.1 Å². The van der Waals surface area contributed by atoms with Gasteiger partial charge in [-0.1, -0.05) is 89.9 Å². The van der Waals surface area contributed by atoms with Crippen LogP contribution in [0.1, 0.15) is 97.1 Å². The highest BCUT2D eigenvalue weighted by Gasteiger charge is 2.43. The lowest BCUT2D eigenvalue weighted by Crippen LogP contribution is -2.55. The third kappa shape index (κ3) is 16.9. The Morgan fingerprint density at radius 2 is 1.50 bits per heavy atom. The molecule has 0 bridgehead atoms. The highest BCUT2D eigenvalue weighted by Crippen LogP contribution is 2.30. The summed E-state index contributed by atoms with van der Waals surface area (Å²) in [5.41, 5.74) is 2.19. The van der Waals surface area contributed by atoms with Crippen molar-refractivity contribution >= 4 is 53.0 Å². The molecule has 0 aromatic heterocycles. The molecular formula is C57H85N9O10. The van der Waals surface area contributed by atoms with E-state index in [2.05, 4.69) is 34.7 Å². The molecule has 0 radical (unpaired) electrons. The highest BCUT2D eigenvalue weighted by molar-refractivity contribution is 6.12. The summed E-state index contributed by atoms with van der Waals surface area (Å²) in [7, 11) is 8.77. The molecule has 19 heteroatoms. The van der Waals surface area contributed by atoms with Gasteiger partial charge in [-0.3, -0.25) is 38.5 Å². The number of carbonyl (C=O) groups excluding carboxylic acids is 7. The topological polar surface area (TPSA) is 212 Å². The number of ether oxygens (including phenoxy) is 3. The first kappa shape index (κ1) is 60.7. The second-order valence-corrected chi connectivity index (χ2v) is 20.9. The molecular weight excluding hydrogens is 971 g/mol. The number of morpholine rings is 1. The number of anilines is 1. The number of hydrogen-bond donors (Lipinski definition) is 3. The quantitative estimate of drug-likeness (QED) is 0.0484. The van der Waals surface area contributed by atoms with Gasteiger partial charge in [-0.25, -0.2) is 4.99 Å². The van der Waals surface area contributed by atoms with Gasteiger partial charge in [0.15, 0.2) is 5.96 Å². The minimum Gasteiger partial charge on any atom is -0.379 e. The van der Waals surface area contributed by atoms with Gasteiger partial charge in [0.2, 0.25) is 29.5 Å². The number of nitrogens with zero attached hydrogens (tertiary/aromatic N) is 6. The van der Waals surface area contributed by atoms with Crippen molar-refractivity contribution in [2.75, 3.05) is 80.1 Å². The van der Waals surface area contributed by atoms with Crippen LogP contribution >= 0.6 is 0 Å². The fourth-order valence-electron chi connectivity index (χ4n) is 10.3. The monoisotopic (exact) mass is 1060 g/mol. The number of amides is 7. The van der Waals surface area contributed by atoms with Crippen LogP contribution in [0.3, 0.4) is 0 Å². The Morgan fingerprint density at radius 3 is 2.11 bits per heavy atom. The molecule has 0 unspecified atom stereocenters. The highest BCUT2D eigenvalue weighted by atomic mass is 16.5. The minimum atomic E-state index is -0.961. The second kappa shape index (κ2) is 29.9. The fourth-order valence-corrected chi connectivity index (χ4v) is 10.3. The van der Waals surface area contributed by atoms with E-state index in [-0.39, 0.29) is 60.8 Å². The molecule has 0 saturated carbocycles. The summed E-state index contributed by atoms with van der Waals surface area (Å²) in [4.78, 5) is 108. The molecule has 7 amide bonds. The van der Waals surface area contributed by atoms with E-state index >= 15 is 0 Å². The number of likely N-dealkylation sites (N-methyl/N-ethyl adjacent to an activating group) is 1. The van der Waals surface area contributed by atoms with Gasteiger partial charge >= 0.3 is 0 Å². The molecule has 8 atom stereocenters. The maximum Gasteiger partial charge on any atom is 0.253 e. The van der Waals surface area contributed by atoms with Crippen molar-refractivity contribution < 1.29 is 47.8 Å². The number of imide groups is 1. The predicted molar refractivity (Wildman–Crippen MR) is 292 cm³/mol. The third-order valence-electron chi connectivity index (χ3n) is 14.9. The van der Waals surface area contributed by atoms with Crippen LogP contribution in [0, 0.1) is 17.8 Å². The Morgan fingerprint density at radius 1 is 0.829 bits per heavy atom. The van der Waals surface area contributed by atoms with Gasteiger partial charge < -0.3 is 49.8 Å². The molecule has 2 aromatic rings. The Kier molecular flexibility index (Phi) is 23.9. The van der Waals surface area contributed by atoms with Crippen molar-refractivity contribution in [3.63, 3.8) is 0 Å². The van der Waals surface area contributed by atoms with E-state index in [4.69, 9.17) is 19.2 Å². The molecule has 418 valence electrons. The average molecular weight is 1060 g/mol. The van der Waals surface area contributed by atoms with E-state index in [0.717, 1.165) is 23.5 Å². The van der Waals surface area contributed by atoms with Crippen LogP contribution < -0.4 is 16.0 Å². The lowest BCUT2D eigenvalue weighted by Gasteiger charge is -2.40. The SMILES string of the molecule is CC[C@H](C)[C@@H]([C@@H](CC(=O)N1CCC[C@H]1[C@H](OC)[C@@H](C)C(=O)N[C@@H](Cc1ccccc1)C(=O)Nc1ccc(CNC(=O)CCCCCN2C(=O)C=CC2=O)cc1)OC)N(C)C(=O)[C@@H](/N=C(/N(C)C)N1CCOCC1)C(C)C. The molecule has 2 aromatic carbocycles. The van der Waals surface area contributed by atoms with Gasteiger partial charge in [-0.05, 0) is 60.8 Å². The van der Waals surface area contributed by atoms with Crippen LogP contribution in [0.4, 0.5) is 5.69 Å². The number of unbranched alkanes of at least 4 members (excludes halogenated alkanes) is 2. The fraction of sp³-hybridized carbons (Fsp3) is 0.614. The zero-order valence-electron chi connectivity index (χ0n) is 46.6. The van der Waals surface area contributed by atoms with Crippen LogP contribution in [0.15, 0.2) is 71.7 Å². The number of carbonyl (C=O) groups is 7. The largest absolute Gasteiger partial charge is 0.379 e. The van der Waals surface area contributed by atoms with Crippen molar-refractivity contribution in [2.24, 2.45) is 22.7 Å². The van der Waals surface area contributed by atoms with E-state index in [1.165, 1.54) is 24.2 Å². The lowest BCUT2D eigenvalue weighted by molar-refractivity contribution is -0.146. The molecule has 3 aliphatic heterocycles. The van der Waals surface area contributed by atoms with Crippen LogP contribution in [-0.4, -0.2) is 183 Å². The van der Waals surface area contributed by atoms with Crippen molar-refractivity contribution in [2.45, 2.75) is 135 Å². The summed E-state index contributed by atoms with van der Waals surface area (Å²) in [6.45, 7) is 13.5. The Hall–Kier alpha value is -6.18. The number of hydrogen-bond acceptors (Lipinski definition) is 11. The smallest absolute Gasteiger partial charge is 0.253 e. The number of guanidine groups is 1. The molecule has 19 nitrogen and oxygen atoms in total. The maximum absolute atomic E-state index is 14.6. The molecule has 3 aliphatic rings. The van der Waals surface area contributed by atoms with E-state index in [1.807, 2.05) is 75.3 Å². The number of likely N-dealkylation sites (tertiary alicyclic amines) is 1. The molecule has 2 fully saturated rings. The van der Waals surface area contributed by atoms with Crippen LogP contribution in [0.25, 0.3) is 0 Å². The van der Waals surface area contributed by atoms with Gasteiger partial charge in [-0.15, -0.1) is 0 Å². The number of benzene rings is 2. The molecule has 0 spiro atoms. The molecule has 3 heterocycles. The zero-order valence-corrected chi connectivity index (χ0v) is 46.6. The third-order valence-corrected chi connectivity index (χ3v) is 14.9. The Balaban J connectivity index is 1.21. The van der Waals surface area contributed by atoms with Crippen LogP contribution in [-0.2, 0) is 60.7 Å². The lowest BCUT2D eigenvalue weighted by atomic mass is 9.89. The first-order chi connectivity index (χ1) is 36.4. The Labute approximate surface area is 450 Å². The first-order valence-electron chi connectivity index (χ1n) is 27.1. The molecule has 3 N–H and O–H groups in total. The first-order valence-corrected chi connectivity index (χ1v) is 27.1. The Bertz CT molecular complexity index is 2290. The zero-order chi connectivity index (χ0) is 55.5. The molecule has 76 heavy (non-hydrogen) atoms. The van der Waals surface area contributed by atoms with E-state index in [0.29, 0.717) is 83.6 Å². The second-order valence-electron chi connectivity index (χ2n) is 20.9. The van der Waals surface area contributed by atoms with Crippen LogP contribution in [0.2, 0.25) is 0 Å².